The smallest absolute Gasteiger partial charge is 0.121 e. The first-order valence-corrected chi connectivity index (χ1v) is 4.81. The second kappa shape index (κ2) is 3.46. The number of benzene rings is 1. The minimum Gasteiger partial charge on any atom is -0.493 e. The Morgan fingerprint density at radius 3 is 2.85 bits per heavy atom. The van der Waals surface area contributed by atoms with Gasteiger partial charge in [-0.1, -0.05) is 11.6 Å². The van der Waals surface area contributed by atoms with Gasteiger partial charge >= 0.3 is 0 Å². The van der Waals surface area contributed by atoms with Crippen LogP contribution in [0.1, 0.15) is 12.8 Å². The van der Waals surface area contributed by atoms with Crippen LogP contribution in [0.15, 0.2) is 18.2 Å². The van der Waals surface area contributed by atoms with Crippen LogP contribution in [0.25, 0.3) is 0 Å². The summed E-state index contributed by atoms with van der Waals surface area (Å²) in [6, 6.07) is 5.38. The number of hydrogen-bond acceptors (Lipinski definition) is 2. The van der Waals surface area contributed by atoms with Gasteiger partial charge in [0.1, 0.15) is 5.75 Å². The van der Waals surface area contributed by atoms with E-state index in [9.17, 15) is 0 Å². The van der Waals surface area contributed by atoms with Crippen LogP contribution in [0.4, 0.5) is 5.69 Å². The van der Waals surface area contributed by atoms with Crippen molar-refractivity contribution in [3.05, 3.63) is 23.2 Å². The minimum absolute atomic E-state index is 0.579. The zero-order valence-corrected chi connectivity index (χ0v) is 8.05. The molecule has 0 saturated heterocycles. The minimum atomic E-state index is 0.579. The SMILES string of the molecule is Nc1cc(OCC2CC2)ccc1Cl. The topological polar surface area (TPSA) is 35.2 Å². The van der Waals surface area contributed by atoms with E-state index in [1.807, 2.05) is 6.07 Å². The molecule has 70 valence electrons. The quantitative estimate of drug-likeness (QED) is 0.757. The van der Waals surface area contributed by atoms with Crippen molar-refractivity contribution in [2.45, 2.75) is 12.8 Å². The fourth-order valence-electron chi connectivity index (χ4n) is 1.11. The third-order valence-electron chi connectivity index (χ3n) is 2.15. The summed E-state index contributed by atoms with van der Waals surface area (Å²) in [5.74, 6) is 1.57. The molecule has 0 amide bonds. The van der Waals surface area contributed by atoms with E-state index >= 15 is 0 Å². The van der Waals surface area contributed by atoms with Gasteiger partial charge in [-0.05, 0) is 30.9 Å². The molecule has 0 aromatic heterocycles. The van der Waals surface area contributed by atoms with Crippen molar-refractivity contribution in [2.24, 2.45) is 5.92 Å². The summed E-state index contributed by atoms with van der Waals surface area (Å²) in [4.78, 5) is 0. The van der Waals surface area contributed by atoms with E-state index in [-0.39, 0.29) is 0 Å². The van der Waals surface area contributed by atoms with Gasteiger partial charge < -0.3 is 10.5 Å². The Balaban J connectivity index is 1.98. The van der Waals surface area contributed by atoms with Crippen LogP contribution < -0.4 is 10.5 Å². The van der Waals surface area contributed by atoms with E-state index in [0.717, 1.165) is 18.3 Å². The predicted molar refractivity (Wildman–Crippen MR) is 54.1 cm³/mol. The number of rotatable bonds is 3. The van der Waals surface area contributed by atoms with Crippen molar-refractivity contribution < 1.29 is 4.74 Å². The molecule has 1 aliphatic carbocycles. The summed E-state index contributed by atoms with van der Waals surface area (Å²) in [7, 11) is 0. The molecular weight excluding hydrogens is 186 g/mol. The van der Waals surface area contributed by atoms with E-state index in [1.54, 1.807) is 12.1 Å². The van der Waals surface area contributed by atoms with Crippen LogP contribution in [0.5, 0.6) is 5.75 Å². The van der Waals surface area contributed by atoms with Crippen molar-refractivity contribution in [3.63, 3.8) is 0 Å². The van der Waals surface area contributed by atoms with Crippen molar-refractivity contribution in [2.75, 3.05) is 12.3 Å². The third-order valence-corrected chi connectivity index (χ3v) is 2.49. The third kappa shape index (κ3) is 2.28. The highest BCUT2D eigenvalue weighted by atomic mass is 35.5. The Bertz CT molecular complexity index is 310. The van der Waals surface area contributed by atoms with Crippen molar-refractivity contribution in [1.82, 2.24) is 0 Å². The van der Waals surface area contributed by atoms with Crippen LogP contribution in [0, 0.1) is 5.92 Å². The maximum Gasteiger partial charge on any atom is 0.121 e. The van der Waals surface area contributed by atoms with Gasteiger partial charge in [0, 0.05) is 6.07 Å². The van der Waals surface area contributed by atoms with Crippen LogP contribution in [0.3, 0.4) is 0 Å². The van der Waals surface area contributed by atoms with Crippen molar-refractivity contribution in [1.29, 1.82) is 0 Å². The number of halogens is 1. The van der Waals surface area contributed by atoms with Gasteiger partial charge in [-0.15, -0.1) is 0 Å². The molecule has 1 fully saturated rings. The van der Waals surface area contributed by atoms with Gasteiger partial charge in [0.25, 0.3) is 0 Å². The van der Waals surface area contributed by atoms with Gasteiger partial charge in [-0.3, -0.25) is 0 Å². The lowest BCUT2D eigenvalue weighted by Crippen LogP contribution is -1.99. The number of ether oxygens (including phenoxy) is 1. The summed E-state index contributed by atoms with van der Waals surface area (Å²) in [5, 5.41) is 0.582. The predicted octanol–water partition coefficient (Wildman–Crippen LogP) is 2.71. The van der Waals surface area contributed by atoms with Gasteiger partial charge in [-0.25, -0.2) is 0 Å². The summed E-state index contributed by atoms with van der Waals surface area (Å²) < 4.78 is 5.53. The first-order chi connectivity index (χ1) is 6.25. The van der Waals surface area contributed by atoms with E-state index in [0.29, 0.717) is 10.7 Å². The zero-order valence-electron chi connectivity index (χ0n) is 7.29. The first-order valence-electron chi connectivity index (χ1n) is 4.43. The fraction of sp³-hybridized carbons (Fsp3) is 0.400. The largest absolute Gasteiger partial charge is 0.493 e. The lowest BCUT2D eigenvalue weighted by Gasteiger charge is -2.06. The molecule has 2 N–H and O–H groups in total. The molecule has 0 unspecified atom stereocenters. The summed E-state index contributed by atoms with van der Waals surface area (Å²) in [5.41, 5.74) is 6.21. The summed E-state index contributed by atoms with van der Waals surface area (Å²) >= 11 is 5.78. The van der Waals surface area contributed by atoms with E-state index in [2.05, 4.69) is 0 Å². The molecule has 0 bridgehead atoms. The van der Waals surface area contributed by atoms with Crippen molar-refractivity contribution in [3.8, 4) is 5.75 Å². The van der Waals surface area contributed by atoms with E-state index < -0.39 is 0 Å². The lowest BCUT2D eigenvalue weighted by atomic mass is 10.3. The molecule has 0 aliphatic heterocycles. The van der Waals surface area contributed by atoms with Crippen LogP contribution in [0.2, 0.25) is 5.02 Å². The number of hydrogen-bond donors (Lipinski definition) is 1. The van der Waals surface area contributed by atoms with Crippen molar-refractivity contribution >= 4 is 17.3 Å². The Hall–Kier alpha value is -0.890. The summed E-state index contributed by atoms with van der Waals surface area (Å²) in [6.45, 7) is 0.807. The molecule has 0 atom stereocenters. The van der Waals surface area contributed by atoms with Crippen LogP contribution >= 0.6 is 11.6 Å². The van der Waals surface area contributed by atoms with E-state index in [4.69, 9.17) is 22.1 Å². The first kappa shape index (κ1) is 8.70. The van der Waals surface area contributed by atoms with Crippen LogP contribution in [-0.4, -0.2) is 6.61 Å². The molecule has 2 nitrogen and oxygen atoms in total. The number of nitrogens with two attached hydrogens (primary N) is 1. The molecule has 1 saturated carbocycles. The maximum absolute atomic E-state index is 5.78. The molecule has 13 heavy (non-hydrogen) atoms. The molecule has 1 aromatic carbocycles. The zero-order chi connectivity index (χ0) is 9.26. The second-order valence-corrected chi connectivity index (χ2v) is 3.84. The molecule has 2 rings (SSSR count). The molecule has 1 aromatic rings. The Morgan fingerprint density at radius 1 is 1.46 bits per heavy atom. The normalized spacial score (nSPS) is 15.8. The maximum atomic E-state index is 5.78. The van der Waals surface area contributed by atoms with E-state index in [1.165, 1.54) is 12.8 Å². The molecule has 0 heterocycles. The van der Waals surface area contributed by atoms with Gasteiger partial charge in [0.15, 0.2) is 0 Å². The number of nitrogen functional groups attached to an aromatic ring is 1. The average Bonchev–Trinajstić information content (AvgIpc) is 2.91. The number of anilines is 1. The molecule has 3 heteroatoms. The highest BCUT2D eigenvalue weighted by Crippen LogP contribution is 2.30. The average molecular weight is 198 g/mol. The molecule has 0 spiro atoms. The Morgan fingerprint density at radius 2 is 2.23 bits per heavy atom. The van der Waals surface area contributed by atoms with Gasteiger partial charge in [-0.2, -0.15) is 0 Å². The highest BCUT2D eigenvalue weighted by molar-refractivity contribution is 6.33. The second-order valence-electron chi connectivity index (χ2n) is 3.44. The summed E-state index contributed by atoms with van der Waals surface area (Å²) in [6.07, 6.45) is 2.59. The monoisotopic (exact) mass is 197 g/mol. The molecule has 0 radical (unpaired) electrons. The van der Waals surface area contributed by atoms with Crippen LogP contribution in [-0.2, 0) is 0 Å². The Labute approximate surface area is 82.6 Å². The lowest BCUT2D eigenvalue weighted by molar-refractivity contribution is 0.300. The highest BCUT2D eigenvalue weighted by Gasteiger charge is 2.21. The van der Waals surface area contributed by atoms with Gasteiger partial charge in [0.05, 0.1) is 17.3 Å². The Kier molecular flexibility index (Phi) is 2.32. The fourth-order valence-corrected chi connectivity index (χ4v) is 1.23. The molecule has 1 aliphatic rings. The molecular formula is C10H12ClNO. The van der Waals surface area contributed by atoms with Gasteiger partial charge in [0.2, 0.25) is 0 Å². The standard InChI is InChI=1S/C10H12ClNO/c11-9-4-3-8(5-10(9)12)13-6-7-1-2-7/h3-5,7H,1-2,6,12H2.